The normalized spacial score (nSPS) is 12.4. The third-order valence-electron chi connectivity index (χ3n) is 3.98. The fraction of sp³-hybridized carbons (Fsp3) is 0.316. The van der Waals surface area contributed by atoms with E-state index in [1.165, 1.54) is 24.3 Å². The number of aromatic hydroxyl groups is 1. The summed E-state index contributed by atoms with van der Waals surface area (Å²) in [5.41, 5.74) is -1.23. The molecule has 0 aliphatic heterocycles. The van der Waals surface area contributed by atoms with E-state index in [1.807, 2.05) is 0 Å². The number of hydrogen-bond acceptors (Lipinski definition) is 5. The van der Waals surface area contributed by atoms with Crippen LogP contribution in [0, 0.1) is 0 Å². The van der Waals surface area contributed by atoms with Crippen LogP contribution in [0.25, 0.3) is 0 Å². The van der Waals surface area contributed by atoms with Gasteiger partial charge in [-0.1, -0.05) is 24.3 Å². The minimum atomic E-state index is -1.82. The van der Waals surface area contributed by atoms with Gasteiger partial charge in [-0.2, -0.15) is 0 Å². The Balaban J connectivity index is 3.09. The van der Waals surface area contributed by atoms with Crippen molar-refractivity contribution in [2.45, 2.75) is 31.4 Å². The van der Waals surface area contributed by atoms with E-state index in [2.05, 4.69) is 13.2 Å². The topological polar surface area (TPSA) is 124 Å². The quantitative estimate of drug-likeness (QED) is 0.506. The molecule has 1 atom stereocenters. The maximum Gasteiger partial charge on any atom is 0.411 e. The summed E-state index contributed by atoms with van der Waals surface area (Å²) in [6.45, 7) is 6.76. The van der Waals surface area contributed by atoms with Crippen LogP contribution in [0.5, 0.6) is 5.75 Å². The Hall–Kier alpha value is -3.29. The zero-order valence-corrected chi connectivity index (χ0v) is 14.8. The SMILES string of the molecule is C=CCN(C(=O)OCc1ccc(O)cc1)[C@@](CC=C)(CCC(=O)O)C(=O)O. The average molecular weight is 377 g/mol. The highest BCUT2D eigenvalue weighted by atomic mass is 16.6. The van der Waals surface area contributed by atoms with Gasteiger partial charge >= 0.3 is 18.0 Å². The summed E-state index contributed by atoms with van der Waals surface area (Å²) in [7, 11) is 0. The number of amides is 1. The first-order valence-electron chi connectivity index (χ1n) is 8.16. The lowest BCUT2D eigenvalue weighted by Gasteiger charge is -2.38. The fourth-order valence-electron chi connectivity index (χ4n) is 2.58. The number of nitrogens with zero attached hydrogens (tertiary/aromatic N) is 1. The molecule has 0 aliphatic rings. The Morgan fingerprint density at radius 3 is 2.22 bits per heavy atom. The number of rotatable bonds is 11. The molecule has 0 saturated carbocycles. The molecule has 0 saturated heterocycles. The van der Waals surface area contributed by atoms with Gasteiger partial charge in [0.25, 0.3) is 0 Å². The predicted octanol–water partition coefficient (Wildman–Crippen LogP) is 2.78. The Morgan fingerprint density at radius 1 is 1.11 bits per heavy atom. The van der Waals surface area contributed by atoms with Crippen LogP contribution in [-0.4, -0.2) is 50.3 Å². The van der Waals surface area contributed by atoms with Crippen molar-refractivity contribution in [3.63, 3.8) is 0 Å². The molecule has 8 nitrogen and oxygen atoms in total. The summed E-state index contributed by atoms with van der Waals surface area (Å²) >= 11 is 0. The zero-order valence-electron chi connectivity index (χ0n) is 14.8. The minimum Gasteiger partial charge on any atom is -0.508 e. The molecule has 0 spiro atoms. The molecule has 27 heavy (non-hydrogen) atoms. The average Bonchev–Trinajstić information content (AvgIpc) is 2.62. The highest BCUT2D eigenvalue weighted by Crippen LogP contribution is 2.28. The molecule has 3 N–H and O–H groups in total. The fourth-order valence-corrected chi connectivity index (χ4v) is 2.58. The highest BCUT2D eigenvalue weighted by Gasteiger charge is 2.46. The number of carboxylic acid groups (broad SMARTS) is 2. The molecule has 0 unspecified atom stereocenters. The maximum atomic E-state index is 12.6. The molecule has 8 heteroatoms. The highest BCUT2D eigenvalue weighted by molar-refractivity contribution is 5.85. The lowest BCUT2D eigenvalue weighted by Crippen LogP contribution is -2.57. The van der Waals surface area contributed by atoms with Crippen LogP contribution in [0.4, 0.5) is 4.79 Å². The standard InChI is InChI=1S/C19H23NO7/c1-3-10-19(17(24)25,11-9-16(22)23)20(12-4-2)18(26)27-13-14-5-7-15(21)8-6-14/h3-8,21H,1-2,9-13H2,(H,22,23)(H,24,25)/t19-/m0/s1. The van der Waals surface area contributed by atoms with Gasteiger partial charge in [0.15, 0.2) is 0 Å². The third kappa shape index (κ3) is 5.88. The van der Waals surface area contributed by atoms with Gasteiger partial charge in [0.2, 0.25) is 0 Å². The Morgan fingerprint density at radius 2 is 1.74 bits per heavy atom. The van der Waals surface area contributed by atoms with Crippen molar-refractivity contribution in [1.29, 1.82) is 0 Å². The van der Waals surface area contributed by atoms with Crippen LogP contribution >= 0.6 is 0 Å². The van der Waals surface area contributed by atoms with E-state index in [0.29, 0.717) is 5.56 Å². The van der Waals surface area contributed by atoms with Crippen molar-refractivity contribution < 1.29 is 34.4 Å². The second-order valence-corrected chi connectivity index (χ2v) is 5.84. The molecule has 1 rings (SSSR count). The minimum absolute atomic E-state index is 0.0582. The van der Waals surface area contributed by atoms with Gasteiger partial charge in [-0.05, 0) is 30.5 Å². The van der Waals surface area contributed by atoms with Crippen LogP contribution in [0.1, 0.15) is 24.8 Å². The van der Waals surface area contributed by atoms with Crippen LogP contribution in [-0.2, 0) is 20.9 Å². The van der Waals surface area contributed by atoms with Gasteiger partial charge in [-0.3, -0.25) is 9.69 Å². The number of aliphatic carboxylic acids is 2. The zero-order chi connectivity index (χ0) is 20.4. The molecule has 0 fully saturated rings. The molecule has 1 aromatic carbocycles. The molecular weight excluding hydrogens is 354 g/mol. The third-order valence-corrected chi connectivity index (χ3v) is 3.98. The molecule has 1 amide bonds. The monoisotopic (exact) mass is 377 g/mol. The van der Waals surface area contributed by atoms with E-state index in [9.17, 15) is 24.6 Å². The number of phenols is 1. The molecule has 1 aromatic rings. The summed E-state index contributed by atoms with van der Waals surface area (Å²) in [6, 6.07) is 5.96. The summed E-state index contributed by atoms with van der Waals surface area (Å²) in [6.07, 6.45) is 0.822. The largest absolute Gasteiger partial charge is 0.508 e. The Bertz CT molecular complexity index is 699. The van der Waals surface area contributed by atoms with E-state index in [1.54, 1.807) is 12.1 Å². The van der Waals surface area contributed by atoms with Crippen molar-refractivity contribution in [1.82, 2.24) is 4.90 Å². The van der Waals surface area contributed by atoms with E-state index >= 15 is 0 Å². The lowest BCUT2D eigenvalue weighted by atomic mass is 9.87. The summed E-state index contributed by atoms with van der Waals surface area (Å²) in [5, 5.41) is 28.0. The van der Waals surface area contributed by atoms with E-state index in [-0.39, 0.29) is 31.7 Å². The summed E-state index contributed by atoms with van der Waals surface area (Å²) in [5.74, 6) is -2.48. The van der Waals surface area contributed by atoms with Crippen molar-refractivity contribution in [3.8, 4) is 5.75 Å². The van der Waals surface area contributed by atoms with Crippen molar-refractivity contribution in [2.75, 3.05) is 6.54 Å². The first kappa shape index (κ1) is 21.8. The number of carbonyl (C=O) groups excluding carboxylic acids is 1. The van der Waals surface area contributed by atoms with Gasteiger partial charge in [-0.15, -0.1) is 13.2 Å². The van der Waals surface area contributed by atoms with Gasteiger partial charge in [0, 0.05) is 13.0 Å². The second kappa shape index (κ2) is 10.0. The van der Waals surface area contributed by atoms with Gasteiger partial charge in [0.1, 0.15) is 17.9 Å². The first-order chi connectivity index (χ1) is 12.8. The van der Waals surface area contributed by atoms with Crippen LogP contribution < -0.4 is 0 Å². The number of phenolic OH excluding ortho intramolecular Hbond substituents is 1. The molecule has 0 heterocycles. The molecule has 146 valence electrons. The first-order valence-corrected chi connectivity index (χ1v) is 8.16. The van der Waals surface area contributed by atoms with E-state index < -0.39 is 30.0 Å². The number of carbonyl (C=O) groups is 3. The predicted molar refractivity (Wildman–Crippen MR) is 97.2 cm³/mol. The van der Waals surface area contributed by atoms with Crippen molar-refractivity contribution >= 4 is 18.0 Å². The second-order valence-electron chi connectivity index (χ2n) is 5.84. The molecule has 0 radical (unpaired) electrons. The number of benzene rings is 1. The summed E-state index contributed by atoms with van der Waals surface area (Å²) in [4.78, 5) is 36.5. The van der Waals surface area contributed by atoms with Crippen molar-refractivity contribution in [3.05, 3.63) is 55.1 Å². The number of carboxylic acids is 2. The van der Waals surface area contributed by atoms with E-state index in [4.69, 9.17) is 9.84 Å². The number of hydrogen-bond donors (Lipinski definition) is 3. The molecule has 0 bridgehead atoms. The van der Waals surface area contributed by atoms with Gasteiger partial charge in [0.05, 0.1) is 0 Å². The lowest BCUT2D eigenvalue weighted by molar-refractivity contribution is -0.151. The summed E-state index contributed by atoms with van der Waals surface area (Å²) < 4.78 is 5.20. The Kier molecular flexibility index (Phi) is 8.06. The van der Waals surface area contributed by atoms with Crippen LogP contribution in [0.3, 0.4) is 0 Å². The van der Waals surface area contributed by atoms with Crippen LogP contribution in [0.2, 0.25) is 0 Å². The molecule has 0 aliphatic carbocycles. The van der Waals surface area contributed by atoms with Crippen LogP contribution in [0.15, 0.2) is 49.6 Å². The number of ether oxygens (including phenoxy) is 1. The van der Waals surface area contributed by atoms with E-state index in [0.717, 1.165) is 4.90 Å². The molecule has 0 aromatic heterocycles. The Labute approximate surface area is 157 Å². The molecular formula is C19H23NO7. The van der Waals surface area contributed by atoms with Crippen molar-refractivity contribution in [2.24, 2.45) is 0 Å². The maximum absolute atomic E-state index is 12.6. The smallest absolute Gasteiger partial charge is 0.411 e. The van der Waals surface area contributed by atoms with Gasteiger partial charge < -0.3 is 20.1 Å². The van der Waals surface area contributed by atoms with Gasteiger partial charge in [-0.25, -0.2) is 9.59 Å².